The van der Waals surface area contributed by atoms with Crippen LogP contribution < -0.4 is 10.9 Å². The summed E-state index contributed by atoms with van der Waals surface area (Å²) in [4.78, 5) is 23.7. The highest BCUT2D eigenvalue weighted by molar-refractivity contribution is 9.10. The molecule has 0 saturated heterocycles. The van der Waals surface area contributed by atoms with Crippen molar-refractivity contribution >= 4 is 27.7 Å². The minimum atomic E-state index is -4.47. The third kappa shape index (κ3) is 4.13. The van der Waals surface area contributed by atoms with Crippen LogP contribution in [-0.4, -0.2) is 16.4 Å². The number of hydrogen-bond donors (Lipinski definition) is 2. The molecule has 9 heteroatoms. The largest absolute Gasteiger partial charge is 0.416 e. The van der Waals surface area contributed by atoms with Gasteiger partial charge in [0.15, 0.2) is 0 Å². The summed E-state index contributed by atoms with van der Waals surface area (Å²) < 4.78 is 39.6. The molecule has 0 aliphatic carbocycles. The number of hydrogen-bond acceptors (Lipinski definition) is 2. The quantitative estimate of drug-likeness (QED) is 0.775. The van der Waals surface area contributed by atoms with Crippen molar-refractivity contribution in [2.24, 2.45) is 7.05 Å². The Morgan fingerprint density at radius 3 is 2.13 bits per heavy atom. The van der Waals surface area contributed by atoms with Gasteiger partial charge in [-0.3, -0.25) is 20.4 Å². The summed E-state index contributed by atoms with van der Waals surface area (Å²) in [6.07, 6.45) is -2.81. The van der Waals surface area contributed by atoms with Gasteiger partial charge in [-0.25, -0.2) is 0 Å². The monoisotopic (exact) mass is 389 g/mol. The Morgan fingerprint density at radius 2 is 1.65 bits per heavy atom. The van der Waals surface area contributed by atoms with E-state index in [9.17, 15) is 22.8 Å². The third-order valence-electron chi connectivity index (χ3n) is 2.97. The lowest BCUT2D eigenvalue weighted by Crippen LogP contribution is -2.42. The highest BCUT2D eigenvalue weighted by atomic mass is 79.9. The van der Waals surface area contributed by atoms with Crippen LogP contribution >= 0.6 is 15.9 Å². The van der Waals surface area contributed by atoms with Gasteiger partial charge in [-0.05, 0) is 46.3 Å². The second-order valence-electron chi connectivity index (χ2n) is 4.64. The zero-order valence-electron chi connectivity index (χ0n) is 11.7. The number of alkyl halides is 3. The zero-order chi connectivity index (χ0) is 17.2. The molecule has 2 rings (SSSR count). The molecule has 1 aromatic carbocycles. The third-order valence-corrected chi connectivity index (χ3v) is 3.40. The second kappa shape index (κ2) is 6.45. The van der Waals surface area contributed by atoms with Crippen LogP contribution in [0.25, 0.3) is 0 Å². The first-order chi connectivity index (χ1) is 10.7. The molecule has 1 heterocycles. The van der Waals surface area contributed by atoms with Crippen LogP contribution in [0.5, 0.6) is 0 Å². The van der Waals surface area contributed by atoms with E-state index in [1.807, 2.05) is 0 Å². The smallest absolute Gasteiger partial charge is 0.345 e. The maximum Gasteiger partial charge on any atom is 0.416 e. The Bertz CT molecular complexity index is 739. The zero-order valence-corrected chi connectivity index (χ0v) is 13.3. The number of carbonyl (C=O) groups excluding carboxylic acids is 2. The summed E-state index contributed by atoms with van der Waals surface area (Å²) in [6.45, 7) is 0. The average Bonchev–Trinajstić information content (AvgIpc) is 2.82. The molecule has 1 aromatic heterocycles. The molecule has 0 spiro atoms. The van der Waals surface area contributed by atoms with E-state index in [1.54, 1.807) is 23.9 Å². The van der Waals surface area contributed by atoms with Crippen molar-refractivity contribution in [2.75, 3.05) is 0 Å². The van der Waals surface area contributed by atoms with Crippen LogP contribution in [0.3, 0.4) is 0 Å². The van der Waals surface area contributed by atoms with Gasteiger partial charge in [0, 0.05) is 23.3 Å². The Kier molecular flexibility index (Phi) is 4.79. The number of halogens is 4. The summed E-state index contributed by atoms with van der Waals surface area (Å²) in [6, 6.07) is 5.21. The molecular formula is C14H11BrF3N3O2. The van der Waals surface area contributed by atoms with E-state index in [0.717, 1.165) is 24.3 Å². The number of amides is 2. The molecule has 23 heavy (non-hydrogen) atoms. The Labute approximate surface area is 137 Å². The predicted molar refractivity (Wildman–Crippen MR) is 79.5 cm³/mol. The lowest BCUT2D eigenvalue weighted by atomic mass is 10.1. The van der Waals surface area contributed by atoms with Crippen LogP contribution in [0.15, 0.2) is 41.0 Å². The van der Waals surface area contributed by atoms with Crippen molar-refractivity contribution in [1.29, 1.82) is 0 Å². The SMILES string of the molecule is Cn1cc(Br)cc1C(=O)NNC(=O)c1ccc(C(F)(F)F)cc1. The van der Waals surface area contributed by atoms with Crippen molar-refractivity contribution in [3.05, 3.63) is 57.8 Å². The van der Waals surface area contributed by atoms with E-state index < -0.39 is 23.6 Å². The van der Waals surface area contributed by atoms with Crippen LogP contribution in [0.4, 0.5) is 13.2 Å². The molecule has 122 valence electrons. The van der Waals surface area contributed by atoms with Crippen molar-refractivity contribution in [3.63, 3.8) is 0 Å². The highest BCUT2D eigenvalue weighted by Gasteiger charge is 2.30. The fourth-order valence-electron chi connectivity index (χ4n) is 1.81. The number of nitrogens with zero attached hydrogens (tertiary/aromatic N) is 1. The van der Waals surface area contributed by atoms with Gasteiger partial charge in [0.2, 0.25) is 0 Å². The van der Waals surface area contributed by atoms with Gasteiger partial charge in [-0.2, -0.15) is 13.2 Å². The molecule has 0 aliphatic rings. The molecule has 0 fully saturated rings. The number of hydrazine groups is 1. The van der Waals surface area contributed by atoms with E-state index >= 15 is 0 Å². The summed E-state index contributed by atoms with van der Waals surface area (Å²) in [5.74, 6) is -1.28. The molecule has 2 N–H and O–H groups in total. The molecule has 0 radical (unpaired) electrons. The van der Waals surface area contributed by atoms with Crippen molar-refractivity contribution in [1.82, 2.24) is 15.4 Å². The Hall–Kier alpha value is -2.29. The average molecular weight is 390 g/mol. The maximum absolute atomic E-state index is 12.4. The number of aryl methyl sites for hydroxylation is 1. The molecule has 0 unspecified atom stereocenters. The van der Waals surface area contributed by atoms with Gasteiger partial charge < -0.3 is 4.57 Å². The van der Waals surface area contributed by atoms with E-state index in [1.165, 1.54) is 0 Å². The highest BCUT2D eigenvalue weighted by Crippen LogP contribution is 2.29. The summed E-state index contributed by atoms with van der Waals surface area (Å²) in [5.41, 5.74) is 3.77. The van der Waals surface area contributed by atoms with Crippen molar-refractivity contribution < 1.29 is 22.8 Å². The number of benzene rings is 1. The first-order valence-electron chi connectivity index (χ1n) is 6.28. The molecular weight excluding hydrogens is 379 g/mol. The van der Waals surface area contributed by atoms with E-state index in [0.29, 0.717) is 10.2 Å². The molecule has 2 amide bonds. The molecule has 0 aliphatic heterocycles. The molecule has 0 atom stereocenters. The lowest BCUT2D eigenvalue weighted by Gasteiger charge is -2.09. The Balaban J connectivity index is 2.00. The first kappa shape index (κ1) is 17.1. The molecule has 0 saturated carbocycles. The van der Waals surface area contributed by atoms with E-state index in [2.05, 4.69) is 26.8 Å². The van der Waals surface area contributed by atoms with Crippen LogP contribution in [0.2, 0.25) is 0 Å². The number of rotatable bonds is 2. The molecule has 0 bridgehead atoms. The summed E-state index contributed by atoms with van der Waals surface area (Å²) in [5, 5.41) is 0. The number of aromatic nitrogens is 1. The van der Waals surface area contributed by atoms with Crippen molar-refractivity contribution in [3.8, 4) is 0 Å². The van der Waals surface area contributed by atoms with Gasteiger partial charge in [-0.15, -0.1) is 0 Å². The minimum absolute atomic E-state index is 0.00800. The van der Waals surface area contributed by atoms with Gasteiger partial charge in [0.05, 0.1) is 5.56 Å². The van der Waals surface area contributed by atoms with Gasteiger partial charge in [0.25, 0.3) is 11.8 Å². The molecule has 5 nitrogen and oxygen atoms in total. The predicted octanol–water partition coefficient (Wildman–Crippen LogP) is 2.88. The maximum atomic E-state index is 12.4. The normalized spacial score (nSPS) is 11.2. The van der Waals surface area contributed by atoms with Gasteiger partial charge in [-0.1, -0.05) is 0 Å². The number of nitrogens with one attached hydrogen (secondary N) is 2. The Morgan fingerprint density at radius 1 is 1.09 bits per heavy atom. The second-order valence-corrected chi connectivity index (χ2v) is 5.55. The molecule has 2 aromatic rings. The van der Waals surface area contributed by atoms with Crippen LogP contribution in [0.1, 0.15) is 26.4 Å². The summed E-state index contributed by atoms with van der Waals surface area (Å²) in [7, 11) is 1.65. The topological polar surface area (TPSA) is 63.1 Å². The minimum Gasteiger partial charge on any atom is -0.345 e. The fourth-order valence-corrected chi connectivity index (χ4v) is 2.33. The fraction of sp³-hybridized carbons (Fsp3) is 0.143. The van der Waals surface area contributed by atoms with Crippen LogP contribution in [0, 0.1) is 0 Å². The number of carbonyl (C=O) groups is 2. The summed E-state index contributed by atoms with van der Waals surface area (Å²) >= 11 is 3.21. The lowest BCUT2D eigenvalue weighted by molar-refractivity contribution is -0.137. The van der Waals surface area contributed by atoms with E-state index in [-0.39, 0.29) is 5.56 Å². The standard InChI is InChI=1S/C14H11BrF3N3O2/c1-21-7-10(15)6-11(21)13(23)20-19-12(22)8-2-4-9(5-3-8)14(16,17)18/h2-7H,1H3,(H,19,22)(H,20,23). The van der Waals surface area contributed by atoms with E-state index in [4.69, 9.17) is 0 Å². The van der Waals surface area contributed by atoms with Gasteiger partial charge >= 0.3 is 6.18 Å². The van der Waals surface area contributed by atoms with Crippen molar-refractivity contribution in [2.45, 2.75) is 6.18 Å². The van der Waals surface area contributed by atoms with Gasteiger partial charge in [0.1, 0.15) is 5.69 Å². The first-order valence-corrected chi connectivity index (χ1v) is 7.07. The van der Waals surface area contributed by atoms with Crippen LogP contribution in [-0.2, 0) is 13.2 Å².